The number of benzene rings is 1. The Morgan fingerprint density at radius 2 is 2.07 bits per heavy atom. The highest BCUT2D eigenvalue weighted by Crippen LogP contribution is 2.34. The molecule has 30 heavy (non-hydrogen) atoms. The van der Waals surface area contributed by atoms with Crippen molar-refractivity contribution in [1.82, 2.24) is 14.9 Å². The molecule has 1 aromatic carbocycles. The summed E-state index contributed by atoms with van der Waals surface area (Å²) in [5, 5.41) is 3.05. The molecule has 1 fully saturated rings. The molecule has 154 valence electrons. The average Bonchev–Trinajstić information content (AvgIpc) is 3.52. The van der Waals surface area contributed by atoms with E-state index in [2.05, 4.69) is 9.97 Å². The minimum Gasteiger partial charge on any atom is -0.487 e. The highest BCUT2D eigenvalue weighted by atomic mass is 32.1. The second-order valence-electron chi connectivity index (χ2n) is 7.46. The van der Waals surface area contributed by atoms with E-state index in [4.69, 9.17) is 4.74 Å². The van der Waals surface area contributed by atoms with Gasteiger partial charge >= 0.3 is 0 Å². The van der Waals surface area contributed by atoms with E-state index < -0.39 is 0 Å². The second kappa shape index (κ2) is 9.22. The van der Waals surface area contributed by atoms with Crippen molar-refractivity contribution in [3.05, 3.63) is 82.1 Å². The summed E-state index contributed by atoms with van der Waals surface area (Å²) in [6.07, 6.45) is 7.40. The standard InChI is InChI=1S/C24H25N3O2S/c1-17(23-5-3-4-14-25-23)27(21-9-10-21)24(28)13-8-19-6-11-22(12-7-19)29-15-20-16-30-18(2)26-20/h3-8,11-14,16-17,21H,9-10,15H2,1-2H3/b13-8+. The zero-order valence-corrected chi connectivity index (χ0v) is 18.0. The molecule has 0 aliphatic heterocycles. The van der Waals surface area contributed by atoms with Crippen LogP contribution in [0.2, 0.25) is 0 Å². The molecule has 4 rings (SSSR count). The number of nitrogens with zero attached hydrogens (tertiary/aromatic N) is 3. The fraction of sp³-hybridized carbons (Fsp3) is 0.292. The van der Waals surface area contributed by atoms with Crippen LogP contribution in [0.1, 0.15) is 47.8 Å². The Kier molecular flexibility index (Phi) is 6.23. The summed E-state index contributed by atoms with van der Waals surface area (Å²) in [6.45, 7) is 4.49. The van der Waals surface area contributed by atoms with Gasteiger partial charge in [-0.1, -0.05) is 18.2 Å². The zero-order chi connectivity index (χ0) is 20.9. The summed E-state index contributed by atoms with van der Waals surface area (Å²) >= 11 is 1.62. The number of aryl methyl sites for hydroxylation is 1. The molecule has 6 heteroatoms. The Hall–Kier alpha value is -2.99. The molecule has 1 saturated carbocycles. The van der Waals surface area contributed by atoms with E-state index in [1.54, 1.807) is 23.6 Å². The van der Waals surface area contributed by atoms with E-state index in [0.29, 0.717) is 12.6 Å². The maximum absolute atomic E-state index is 12.9. The predicted octanol–water partition coefficient (Wildman–Crippen LogP) is 5.19. The van der Waals surface area contributed by atoms with Crippen LogP contribution >= 0.6 is 11.3 Å². The van der Waals surface area contributed by atoms with Crippen molar-refractivity contribution >= 4 is 23.3 Å². The molecule has 0 radical (unpaired) electrons. The third-order valence-corrected chi connectivity index (χ3v) is 5.90. The molecule has 1 atom stereocenters. The molecule has 1 aliphatic rings. The molecule has 0 saturated heterocycles. The van der Waals surface area contributed by atoms with Gasteiger partial charge in [0.1, 0.15) is 12.4 Å². The molecule has 3 aromatic rings. The maximum atomic E-state index is 12.9. The van der Waals surface area contributed by atoms with Crippen LogP contribution in [0, 0.1) is 6.92 Å². The van der Waals surface area contributed by atoms with Crippen molar-refractivity contribution < 1.29 is 9.53 Å². The van der Waals surface area contributed by atoms with Crippen LogP contribution in [-0.4, -0.2) is 26.8 Å². The molecule has 2 heterocycles. The van der Waals surface area contributed by atoms with Crippen LogP contribution in [-0.2, 0) is 11.4 Å². The first-order chi connectivity index (χ1) is 14.6. The fourth-order valence-electron chi connectivity index (χ4n) is 3.37. The lowest BCUT2D eigenvalue weighted by Gasteiger charge is -2.28. The largest absolute Gasteiger partial charge is 0.487 e. The number of hydrogen-bond acceptors (Lipinski definition) is 5. The number of thiazole rings is 1. The number of pyridine rings is 1. The van der Waals surface area contributed by atoms with Gasteiger partial charge in [-0.05, 0) is 62.6 Å². The van der Waals surface area contributed by atoms with Gasteiger partial charge < -0.3 is 9.64 Å². The summed E-state index contributed by atoms with van der Waals surface area (Å²) in [4.78, 5) is 23.7. The van der Waals surface area contributed by atoms with E-state index in [-0.39, 0.29) is 11.9 Å². The molecule has 5 nitrogen and oxygen atoms in total. The molecule has 1 aliphatic carbocycles. The Labute approximate surface area is 181 Å². The minimum absolute atomic E-state index is 0.0230. The number of carbonyl (C=O) groups is 1. The summed E-state index contributed by atoms with van der Waals surface area (Å²) in [5.41, 5.74) is 2.82. The highest BCUT2D eigenvalue weighted by molar-refractivity contribution is 7.09. The normalized spacial score (nSPS) is 14.6. The molecule has 2 aromatic heterocycles. The maximum Gasteiger partial charge on any atom is 0.247 e. The van der Waals surface area contributed by atoms with Crippen LogP contribution in [0.5, 0.6) is 5.75 Å². The Morgan fingerprint density at radius 3 is 2.70 bits per heavy atom. The molecule has 1 amide bonds. The van der Waals surface area contributed by atoms with Crippen molar-refractivity contribution in [3.63, 3.8) is 0 Å². The Balaban J connectivity index is 1.37. The topological polar surface area (TPSA) is 55.3 Å². The van der Waals surface area contributed by atoms with Crippen molar-refractivity contribution in [1.29, 1.82) is 0 Å². The molecule has 0 N–H and O–H groups in total. The van der Waals surface area contributed by atoms with Crippen molar-refractivity contribution in [2.45, 2.75) is 45.4 Å². The van der Waals surface area contributed by atoms with Gasteiger partial charge in [-0.3, -0.25) is 9.78 Å². The molecular weight excluding hydrogens is 394 g/mol. The van der Waals surface area contributed by atoms with Crippen LogP contribution in [0.3, 0.4) is 0 Å². The van der Waals surface area contributed by atoms with Crippen molar-refractivity contribution in [3.8, 4) is 5.75 Å². The summed E-state index contributed by atoms with van der Waals surface area (Å²) in [5.74, 6) is 0.808. The van der Waals surface area contributed by atoms with E-state index in [1.807, 2.05) is 72.7 Å². The third kappa shape index (κ3) is 5.13. The fourth-order valence-corrected chi connectivity index (χ4v) is 3.96. The lowest BCUT2D eigenvalue weighted by molar-refractivity contribution is -0.128. The third-order valence-electron chi connectivity index (χ3n) is 5.08. The monoisotopic (exact) mass is 419 g/mol. The van der Waals surface area contributed by atoms with Crippen LogP contribution in [0.15, 0.2) is 60.1 Å². The summed E-state index contributed by atoms with van der Waals surface area (Å²) in [7, 11) is 0. The van der Waals surface area contributed by atoms with E-state index in [9.17, 15) is 4.79 Å². The Bertz CT molecular complexity index is 1010. The zero-order valence-electron chi connectivity index (χ0n) is 17.2. The van der Waals surface area contributed by atoms with Gasteiger partial charge in [0.2, 0.25) is 5.91 Å². The minimum atomic E-state index is -0.0408. The molecule has 0 spiro atoms. The quantitative estimate of drug-likeness (QED) is 0.472. The SMILES string of the molecule is Cc1nc(COc2ccc(/C=C/C(=O)N(C3CC3)C(C)c3ccccn3)cc2)cs1. The van der Waals surface area contributed by atoms with Gasteiger partial charge in [-0.2, -0.15) is 0 Å². The molecule has 0 bridgehead atoms. The number of amides is 1. The van der Waals surface area contributed by atoms with Gasteiger partial charge in [-0.25, -0.2) is 4.98 Å². The Morgan fingerprint density at radius 1 is 1.27 bits per heavy atom. The van der Waals surface area contributed by atoms with Crippen LogP contribution in [0.25, 0.3) is 6.08 Å². The number of ether oxygens (including phenoxy) is 1. The first-order valence-corrected chi connectivity index (χ1v) is 11.0. The first-order valence-electron chi connectivity index (χ1n) is 10.2. The lowest BCUT2D eigenvalue weighted by atomic mass is 10.1. The van der Waals surface area contributed by atoms with Crippen molar-refractivity contribution in [2.24, 2.45) is 0 Å². The number of hydrogen-bond donors (Lipinski definition) is 0. The van der Waals surface area contributed by atoms with Gasteiger partial charge in [0.25, 0.3) is 0 Å². The van der Waals surface area contributed by atoms with Gasteiger partial charge in [0.05, 0.1) is 22.4 Å². The van der Waals surface area contributed by atoms with Gasteiger partial charge in [-0.15, -0.1) is 11.3 Å². The molecule has 1 unspecified atom stereocenters. The summed E-state index contributed by atoms with van der Waals surface area (Å²) in [6, 6.07) is 13.8. The molecular formula is C24H25N3O2S. The van der Waals surface area contributed by atoms with Crippen LogP contribution in [0.4, 0.5) is 0 Å². The smallest absolute Gasteiger partial charge is 0.247 e. The van der Waals surface area contributed by atoms with E-state index in [0.717, 1.165) is 40.6 Å². The summed E-state index contributed by atoms with van der Waals surface area (Å²) < 4.78 is 5.78. The number of aromatic nitrogens is 2. The van der Waals surface area contributed by atoms with Gasteiger partial charge in [0.15, 0.2) is 0 Å². The van der Waals surface area contributed by atoms with Crippen molar-refractivity contribution in [2.75, 3.05) is 0 Å². The number of carbonyl (C=O) groups excluding carboxylic acids is 1. The first kappa shape index (κ1) is 20.3. The van der Waals surface area contributed by atoms with Crippen LogP contribution < -0.4 is 4.74 Å². The lowest BCUT2D eigenvalue weighted by Crippen LogP contribution is -2.34. The number of rotatable bonds is 8. The van der Waals surface area contributed by atoms with Gasteiger partial charge in [0, 0.05) is 23.7 Å². The highest BCUT2D eigenvalue weighted by Gasteiger charge is 2.35. The van der Waals surface area contributed by atoms with E-state index in [1.165, 1.54) is 0 Å². The second-order valence-corrected chi connectivity index (χ2v) is 8.52. The average molecular weight is 420 g/mol. The van der Waals surface area contributed by atoms with E-state index >= 15 is 0 Å². The predicted molar refractivity (Wildman–Crippen MR) is 119 cm³/mol.